The van der Waals surface area contributed by atoms with Gasteiger partial charge in [-0.1, -0.05) is 0 Å². The fraction of sp³-hybridized carbons (Fsp3) is 0.333. The fourth-order valence-corrected chi connectivity index (χ4v) is 2.79. The number of phenols is 2. The van der Waals surface area contributed by atoms with Crippen molar-refractivity contribution < 1.29 is 19.8 Å². The number of rotatable bonds is 3. The number of hydrogen-bond donors (Lipinski definition) is 4. The van der Waals surface area contributed by atoms with Gasteiger partial charge in [0.2, 0.25) is 5.91 Å². The van der Waals surface area contributed by atoms with E-state index in [4.69, 9.17) is 0 Å². The van der Waals surface area contributed by atoms with Crippen LogP contribution in [0.2, 0.25) is 0 Å². The third-order valence-corrected chi connectivity index (χ3v) is 5.20. The molecule has 0 aliphatic carbocycles. The summed E-state index contributed by atoms with van der Waals surface area (Å²) in [6.07, 6.45) is 1.16. The fourth-order valence-electron chi connectivity index (χ4n) is 1.89. The van der Waals surface area contributed by atoms with Crippen molar-refractivity contribution in [2.75, 3.05) is 6.54 Å². The van der Waals surface area contributed by atoms with Crippen LogP contribution in [0.25, 0.3) is 0 Å². The largest absolute Gasteiger partial charge is 0.504 e. The van der Waals surface area contributed by atoms with Gasteiger partial charge in [-0.3, -0.25) is 9.80 Å². The third kappa shape index (κ3) is 3.59. The van der Waals surface area contributed by atoms with Gasteiger partial charge < -0.3 is 15.5 Å². The normalized spacial score (nSPS) is 14.4. The molecule has 1 aliphatic heterocycles. The lowest BCUT2D eigenvalue weighted by Crippen LogP contribution is -2.47. The molecule has 1 fully saturated rings. The summed E-state index contributed by atoms with van der Waals surface area (Å²) in [4.78, 5) is 23.1. The SMILES string of the molecule is O=C(NCc1cc(O)c(O)c(Br)c1Br)NN1CCCC1=O. The third-order valence-electron chi connectivity index (χ3n) is 2.99. The summed E-state index contributed by atoms with van der Waals surface area (Å²) in [6.45, 7) is 0.613. The Hall–Kier alpha value is -1.48. The number of urea groups is 1. The van der Waals surface area contributed by atoms with Gasteiger partial charge in [-0.15, -0.1) is 0 Å². The van der Waals surface area contributed by atoms with Gasteiger partial charge in [0.25, 0.3) is 0 Å². The molecular weight excluding hydrogens is 410 g/mol. The van der Waals surface area contributed by atoms with Gasteiger partial charge in [-0.05, 0) is 49.9 Å². The van der Waals surface area contributed by atoms with E-state index in [1.165, 1.54) is 11.1 Å². The number of phenolic OH excluding ortho intramolecular Hbond substituents is 2. The van der Waals surface area contributed by atoms with Crippen LogP contribution < -0.4 is 10.7 Å². The number of benzene rings is 1. The molecule has 0 radical (unpaired) electrons. The summed E-state index contributed by atoms with van der Waals surface area (Å²) in [5, 5.41) is 22.9. The first-order valence-corrected chi connectivity index (χ1v) is 7.72. The molecule has 7 nitrogen and oxygen atoms in total. The van der Waals surface area contributed by atoms with E-state index in [2.05, 4.69) is 42.6 Å². The number of hydrogen-bond acceptors (Lipinski definition) is 4. The minimum Gasteiger partial charge on any atom is -0.504 e. The summed E-state index contributed by atoms with van der Waals surface area (Å²) in [5.41, 5.74) is 3.02. The van der Waals surface area contributed by atoms with E-state index in [-0.39, 0.29) is 24.0 Å². The molecule has 21 heavy (non-hydrogen) atoms. The summed E-state index contributed by atoms with van der Waals surface area (Å²) < 4.78 is 0.824. The standard InChI is InChI=1S/C12H13Br2N3O4/c13-9-6(4-7(18)11(20)10(9)14)5-15-12(21)16-17-3-1-2-8(17)19/h4,18,20H,1-3,5H2,(H2,15,16,21). The summed E-state index contributed by atoms with van der Waals surface area (Å²) in [6, 6.07) is 0.826. The van der Waals surface area contributed by atoms with Crippen molar-refractivity contribution in [1.82, 2.24) is 15.8 Å². The zero-order valence-electron chi connectivity index (χ0n) is 10.8. The average molecular weight is 423 g/mol. The Balaban J connectivity index is 1.97. The zero-order valence-corrected chi connectivity index (χ0v) is 14.0. The second-order valence-corrected chi connectivity index (χ2v) is 6.06. The molecule has 1 heterocycles. The quantitative estimate of drug-likeness (QED) is 0.559. The molecule has 0 aromatic heterocycles. The highest BCUT2D eigenvalue weighted by Gasteiger charge is 2.22. The van der Waals surface area contributed by atoms with Crippen LogP contribution in [0.15, 0.2) is 15.0 Å². The molecule has 0 unspecified atom stereocenters. The number of carbonyl (C=O) groups is 2. The van der Waals surface area contributed by atoms with Crippen LogP contribution in [-0.2, 0) is 11.3 Å². The maximum absolute atomic E-state index is 11.7. The maximum Gasteiger partial charge on any atom is 0.333 e. The molecule has 1 aromatic rings. The van der Waals surface area contributed by atoms with Crippen molar-refractivity contribution in [2.45, 2.75) is 19.4 Å². The van der Waals surface area contributed by atoms with Crippen molar-refractivity contribution >= 4 is 43.8 Å². The second-order valence-electron chi connectivity index (χ2n) is 4.47. The predicted octanol–water partition coefficient (Wildman–Crippen LogP) is 1.96. The molecule has 0 bridgehead atoms. The highest BCUT2D eigenvalue weighted by molar-refractivity contribution is 9.13. The Morgan fingerprint density at radius 1 is 1.33 bits per heavy atom. The Morgan fingerprint density at radius 3 is 2.67 bits per heavy atom. The van der Waals surface area contributed by atoms with Crippen LogP contribution in [0.1, 0.15) is 18.4 Å². The van der Waals surface area contributed by atoms with E-state index in [0.29, 0.717) is 27.5 Å². The van der Waals surface area contributed by atoms with Crippen molar-refractivity contribution in [3.63, 3.8) is 0 Å². The number of carbonyl (C=O) groups excluding carboxylic acids is 2. The van der Waals surface area contributed by atoms with Gasteiger partial charge in [-0.2, -0.15) is 0 Å². The lowest BCUT2D eigenvalue weighted by Gasteiger charge is -2.17. The van der Waals surface area contributed by atoms with Crippen LogP contribution in [0.3, 0.4) is 0 Å². The van der Waals surface area contributed by atoms with E-state index in [1.807, 2.05) is 0 Å². The molecule has 2 rings (SSSR count). The van der Waals surface area contributed by atoms with E-state index >= 15 is 0 Å². The van der Waals surface area contributed by atoms with E-state index in [1.54, 1.807) is 0 Å². The van der Waals surface area contributed by atoms with Crippen molar-refractivity contribution in [1.29, 1.82) is 0 Å². The van der Waals surface area contributed by atoms with Gasteiger partial charge in [0.05, 0.1) is 4.47 Å². The van der Waals surface area contributed by atoms with Crippen LogP contribution in [0.4, 0.5) is 4.79 Å². The first-order valence-electron chi connectivity index (χ1n) is 6.13. The molecule has 0 spiro atoms. The van der Waals surface area contributed by atoms with Gasteiger partial charge >= 0.3 is 6.03 Å². The highest BCUT2D eigenvalue weighted by Crippen LogP contribution is 2.40. The lowest BCUT2D eigenvalue weighted by molar-refractivity contribution is -0.129. The Kier molecular flexibility index (Phi) is 4.94. The van der Waals surface area contributed by atoms with E-state index in [9.17, 15) is 19.8 Å². The van der Waals surface area contributed by atoms with Gasteiger partial charge in [0.15, 0.2) is 11.5 Å². The van der Waals surface area contributed by atoms with Crippen LogP contribution in [0, 0.1) is 0 Å². The van der Waals surface area contributed by atoms with Crippen LogP contribution >= 0.6 is 31.9 Å². The summed E-state index contributed by atoms with van der Waals surface area (Å²) in [7, 11) is 0. The average Bonchev–Trinajstić information content (AvgIpc) is 2.84. The van der Waals surface area contributed by atoms with Crippen LogP contribution in [-0.4, -0.2) is 33.7 Å². The number of hydrazine groups is 1. The van der Waals surface area contributed by atoms with E-state index < -0.39 is 6.03 Å². The zero-order chi connectivity index (χ0) is 15.6. The van der Waals surface area contributed by atoms with Crippen molar-refractivity contribution in [2.24, 2.45) is 0 Å². The number of nitrogens with zero attached hydrogens (tertiary/aromatic N) is 1. The monoisotopic (exact) mass is 421 g/mol. The number of nitrogens with one attached hydrogen (secondary N) is 2. The molecule has 1 saturated heterocycles. The smallest absolute Gasteiger partial charge is 0.333 e. The molecule has 1 aromatic carbocycles. The summed E-state index contributed by atoms with van der Waals surface area (Å²) in [5.74, 6) is -0.689. The Bertz CT molecular complexity index is 594. The first-order chi connectivity index (χ1) is 9.90. The maximum atomic E-state index is 11.7. The first kappa shape index (κ1) is 15.9. The predicted molar refractivity (Wildman–Crippen MR) is 81.5 cm³/mol. The molecular formula is C12H13Br2N3O4. The van der Waals surface area contributed by atoms with Gasteiger partial charge in [0.1, 0.15) is 0 Å². The Morgan fingerprint density at radius 2 is 2.05 bits per heavy atom. The molecule has 9 heteroatoms. The minimum absolute atomic E-state index is 0.112. The molecule has 1 aliphatic rings. The molecule has 4 N–H and O–H groups in total. The van der Waals surface area contributed by atoms with Crippen molar-refractivity contribution in [3.8, 4) is 11.5 Å². The van der Waals surface area contributed by atoms with E-state index in [0.717, 1.165) is 6.42 Å². The van der Waals surface area contributed by atoms with Gasteiger partial charge in [0, 0.05) is 24.0 Å². The molecule has 114 valence electrons. The number of amides is 3. The molecule has 3 amide bonds. The van der Waals surface area contributed by atoms with Gasteiger partial charge in [-0.25, -0.2) is 10.2 Å². The highest BCUT2D eigenvalue weighted by atomic mass is 79.9. The molecule has 0 atom stereocenters. The molecule has 0 saturated carbocycles. The second kappa shape index (κ2) is 6.52. The summed E-state index contributed by atoms with van der Waals surface area (Å²) >= 11 is 6.39. The van der Waals surface area contributed by atoms with Crippen LogP contribution in [0.5, 0.6) is 11.5 Å². The Labute approximate surface area is 137 Å². The topological polar surface area (TPSA) is 102 Å². The van der Waals surface area contributed by atoms with Crippen molar-refractivity contribution in [3.05, 3.63) is 20.6 Å². The number of halogens is 2. The minimum atomic E-state index is -0.513. The number of aromatic hydroxyl groups is 2. The lowest BCUT2D eigenvalue weighted by atomic mass is 10.2.